The van der Waals surface area contributed by atoms with Gasteiger partial charge in [-0.2, -0.15) is 0 Å². The molecule has 0 aliphatic rings. The van der Waals surface area contributed by atoms with E-state index in [1.165, 1.54) is 12.8 Å². The molecule has 13 heavy (non-hydrogen) atoms. The molecule has 2 nitrogen and oxygen atoms in total. The van der Waals surface area contributed by atoms with Crippen LogP contribution in [0.15, 0.2) is 0 Å². The van der Waals surface area contributed by atoms with E-state index in [0.29, 0.717) is 0 Å². The van der Waals surface area contributed by atoms with Crippen molar-refractivity contribution in [3.05, 3.63) is 0 Å². The minimum atomic E-state index is -0.0504. The fraction of sp³-hybridized carbons (Fsp3) is 1.00. The van der Waals surface area contributed by atoms with Gasteiger partial charge in [-0.1, -0.05) is 20.3 Å². The normalized spacial score (nSPS) is 12.5. The molecule has 0 fully saturated rings. The van der Waals surface area contributed by atoms with Gasteiger partial charge >= 0.3 is 0 Å². The Bertz CT molecular complexity index is 123. The maximum absolute atomic E-state index is 9.25. The molecule has 0 spiro atoms. The lowest BCUT2D eigenvalue weighted by molar-refractivity contribution is 0.0558. The molecule has 0 aromatic rings. The van der Waals surface area contributed by atoms with Gasteiger partial charge in [-0.25, -0.2) is 0 Å². The van der Waals surface area contributed by atoms with Crippen LogP contribution in [0.1, 0.15) is 47.0 Å². The van der Waals surface area contributed by atoms with E-state index in [9.17, 15) is 5.11 Å². The monoisotopic (exact) mass is 187 g/mol. The van der Waals surface area contributed by atoms with Crippen LogP contribution in [-0.2, 0) is 0 Å². The molecule has 0 aliphatic heterocycles. The van der Waals surface area contributed by atoms with Crippen molar-refractivity contribution >= 4 is 0 Å². The summed E-state index contributed by atoms with van der Waals surface area (Å²) in [6.07, 6.45) is 3.61. The second-order valence-corrected chi connectivity index (χ2v) is 4.31. The summed E-state index contributed by atoms with van der Waals surface area (Å²) in [6.45, 7) is 11.1. The highest BCUT2D eigenvalue weighted by Gasteiger charge is 2.24. The number of aliphatic hydroxyl groups excluding tert-OH is 1. The van der Waals surface area contributed by atoms with E-state index in [-0.39, 0.29) is 12.1 Å². The first-order valence-electron chi connectivity index (χ1n) is 5.44. The van der Waals surface area contributed by atoms with E-state index in [0.717, 1.165) is 19.5 Å². The van der Waals surface area contributed by atoms with Crippen LogP contribution in [0.5, 0.6) is 0 Å². The highest BCUT2D eigenvalue weighted by molar-refractivity contribution is 4.80. The third-order valence-corrected chi connectivity index (χ3v) is 2.52. The Hall–Kier alpha value is -0.0800. The van der Waals surface area contributed by atoms with Crippen molar-refractivity contribution in [1.82, 2.24) is 4.90 Å². The summed E-state index contributed by atoms with van der Waals surface area (Å²) >= 11 is 0. The molecule has 0 aromatic heterocycles. The summed E-state index contributed by atoms with van der Waals surface area (Å²) in [5.74, 6) is 0. The molecule has 0 rings (SSSR count). The van der Waals surface area contributed by atoms with Crippen molar-refractivity contribution in [3.8, 4) is 0 Å². The molecule has 0 amide bonds. The predicted molar refractivity (Wildman–Crippen MR) is 57.9 cm³/mol. The van der Waals surface area contributed by atoms with E-state index >= 15 is 0 Å². The van der Waals surface area contributed by atoms with E-state index < -0.39 is 0 Å². The number of aliphatic hydroxyl groups is 1. The van der Waals surface area contributed by atoms with Crippen LogP contribution in [0.25, 0.3) is 0 Å². The second kappa shape index (κ2) is 6.39. The van der Waals surface area contributed by atoms with E-state index in [2.05, 4.69) is 32.6 Å². The van der Waals surface area contributed by atoms with Crippen LogP contribution in [0.3, 0.4) is 0 Å². The first-order chi connectivity index (χ1) is 6.08. The molecular formula is C11H25NO. The zero-order valence-corrected chi connectivity index (χ0v) is 9.64. The second-order valence-electron chi connectivity index (χ2n) is 4.31. The molecule has 0 unspecified atom stereocenters. The topological polar surface area (TPSA) is 23.5 Å². The quantitative estimate of drug-likeness (QED) is 0.661. The Morgan fingerprint density at radius 3 is 2.08 bits per heavy atom. The number of unbranched alkanes of at least 4 members (excludes halogenated alkanes) is 1. The number of nitrogens with zero attached hydrogens (tertiary/aromatic N) is 1. The van der Waals surface area contributed by atoms with Crippen LogP contribution in [0.4, 0.5) is 0 Å². The lowest BCUT2D eigenvalue weighted by atomic mass is 10.0. The summed E-state index contributed by atoms with van der Waals surface area (Å²) < 4.78 is 0. The van der Waals surface area contributed by atoms with Gasteiger partial charge in [-0.05, 0) is 39.8 Å². The Kier molecular flexibility index (Phi) is 6.35. The molecular weight excluding hydrogens is 162 g/mol. The Morgan fingerprint density at radius 1 is 1.08 bits per heavy atom. The first kappa shape index (κ1) is 12.9. The van der Waals surface area contributed by atoms with E-state index in [1.807, 2.05) is 0 Å². The Morgan fingerprint density at radius 2 is 1.69 bits per heavy atom. The molecule has 80 valence electrons. The van der Waals surface area contributed by atoms with Gasteiger partial charge in [-0.3, -0.25) is 4.90 Å². The van der Waals surface area contributed by atoms with Crippen LogP contribution < -0.4 is 0 Å². The average molecular weight is 187 g/mol. The average Bonchev–Trinajstić information content (AvgIpc) is 2.12. The Balaban J connectivity index is 4.05. The van der Waals surface area contributed by atoms with E-state index in [1.54, 1.807) is 0 Å². The third kappa shape index (κ3) is 4.63. The zero-order chi connectivity index (χ0) is 10.3. The lowest BCUT2D eigenvalue weighted by Gasteiger charge is -2.37. The van der Waals surface area contributed by atoms with Crippen LogP contribution >= 0.6 is 0 Å². The largest absolute Gasteiger partial charge is 0.394 e. The summed E-state index contributed by atoms with van der Waals surface area (Å²) in [6, 6.07) is 0. The smallest absolute Gasteiger partial charge is 0.0610 e. The molecule has 0 heterocycles. The van der Waals surface area contributed by atoms with Crippen molar-refractivity contribution < 1.29 is 5.11 Å². The minimum absolute atomic E-state index is 0.0504. The van der Waals surface area contributed by atoms with Gasteiger partial charge in [0.2, 0.25) is 0 Å². The fourth-order valence-electron chi connectivity index (χ4n) is 1.44. The van der Waals surface area contributed by atoms with Crippen molar-refractivity contribution in [2.24, 2.45) is 0 Å². The maximum Gasteiger partial charge on any atom is 0.0610 e. The predicted octanol–water partition coefficient (Wildman–Crippen LogP) is 2.27. The first-order valence-corrected chi connectivity index (χ1v) is 5.44. The van der Waals surface area contributed by atoms with Gasteiger partial charge in [0.05, 0.1) is 6.61 Å². The van der Waals surface area contributed by atoms with Crippen molar-refractivity contribution in [2.45, 2.75) is 52.5 Å². The van der Waals surface area contributed by atoms with Gasteiger partial charge in [0.15, 0.2) is 0 Å². The molecule has 0 saturated carbocycles. The van der Waals surface area contributed by atoms with Crippen molar-refractivity contribution in [2.75, 3.05) is 19.7 Å². The van der Waals surface area contributed by atoms with Gasteiger partial charge in [0.25, 0.3) is 0 Å². The maximum atomic E-state index is 9.25. The van der Waals surface area contributed by atoms with E-state index in [4.69, 9.17) is 0 Å². The third-order valence-electron chi connectivity index (χ3n) is 2.52. The fourth-order valence-corrected chi connectivity index (χ4v) is 1.44. The minimum Gasteiger partial charge on any atom is -0.394 e. The summed E-state index contributed by atoms with van der Waals surface area (Å²) in [4.78, 5) is 2.39. The number of hydrogen-bond acceptors (Lipinski definition) is 2. The SMILES string of the molecule is CCCCN(CCC)C(C)(C)CO. The molecule has 2 heteroatoms. The van der Waals surface area contributed by atoms with Gasteiger partial charge in [0.1, 0.15) is 0 Å². The lowest BCUT2D eigenvalue weighted by Crippen LogP contribution is -2.47. The standard InChI is InChI=1S/C11H25NO/c1-5-7-9-12(8-6-2)11(3,4)10-13/h13H,5-10H2,1-4H3. The number of rotatable bonds is 7. The Labute approximate surface area is 82.9 Å². The molecule has 0 aromatic carbocycles. The van der Waals surface area contributed by atoms with Gasteiger partial charge in [-0.15, -0.1) is 0 Å². The van der Waals surface area contributed by atoms with Crippen LogP contribution in [0, 0.1) is 0 Å². The molecule has 0 radical (unpaired) electrons. The highest BCUT2D eigenvalue weighted by atomic mass is 16.3. The zero-order valence-electron chi connectivity index (χ0n) is 9.64. The van der Waals surface area contributed by atoms with Crippen LogP contribution in [0.2, 0.25) is 0 Å². The molecule has 1 N–H and O–H groups in total. The van der Waals surface area contributed by atoms with Gasteiger partial charge < -0.3 is 5.11 Å². The van der Waals surface area contributed by atoms with Crippen molar-refractivity contribution in [3.63, 3.8) is 0 Å². The number of hydrogen-bond donors (Lipinski definition) is 1. The summed E-state index contributed by atoms with van der Waals surface area (Å²) in [5, 5.41) is 9.25. The van der Waals surface area contributed by atoms with Crippen LogP contribution in [-0.4, -0.2) is 35.2 Å². The van der Waals surface area contributed by atoms with Crippen molar-refractivity contribution in [1.29, 1.82) is 0 Å². The summed E-state index contributed by atoms with van der Waals surface area (Å²) in [7, 11) is 0. The molecule has 0 bridgehead atoms. The molecule has 0 aliphatic carbocycles. The molecule has 0 atom stereocenters. The van der Waals surface area contributed by atoms with Gasteiger partial charge in [0, 0.05) is 5.54 Å². The highest BCUT2D eigenvalue weighted by Crippen LogP contribution is 2.14. The summed E-state index contributed by atoms with van der Waals surface area (Å²) in [5.41, 5.74) is -0.0504. The molecule has 0 saturated heterocycles.